The van der Waals surface area contributed by atoms with Gasteiger partial charge in [0.2, 0.25) is 0 Å². The van der Waals surface area contributed by atoms with Crippen molar-refractivity contribution in [2.24, 2.45) is 5.92 Å². The van der Waals surface area contributed by atoms with Gasteiger partial charge < -0.3 is 5.32 Å². The highest BCUT2D eigenvalue weighted by Gasteiger charge is 2.23. The largest absolute Gasteiger partial charge is 0.377 e. The third kappa shape index (κ3) is 2.73. The topological polar surface area (TPSA) is 12.0 Å². The van der Waals surface area contributed by atoms with Gasteiger partial charge in [-0.2, -0.15) is 0 Å². The Bertz CT molecular complexity index is 674. The van der Waals surface area contributed by atoms with Gasteiger partial charge in [-0.15, -0.1) is 0 Å². The molecule has 2 aromatic rings. The summed E-state index contributed by atoms with van der Waals surface area (Å²) in [4.78, 5) is 0. The SMILES string of the molecule is Cc1cc(C)cc(C2NC(C(C)C)=Cc3ccccc32)c1. The van der Waals surface area contributed by atoms with Gasteiger partial charge in [0.1, 0.15) is 0 Å². The molecular weight excluding hydrogens is 254 g/mol. The Kier molecular flexibility index (Phi) is 3.59. The van der Waals surface area contributed by atoms with Crippen molar-refractivity contribution in [3.63, 3.8) is 0 Å². The van der Waals surface area contributed by atoms with Crippen LogP contribution in [-0.4, -0.2) is 0 Å². The Labute approximate surface area is 127 Å². The van der Waals surface area contributed by atoms with E-state index in [-0.39, 0.29) is 6.04 Å². The summed E-state index contributed by atoms with van der Waals surface area (Å²) in [5.41, 5.74) is 8.02. The van der Waals surface area contributed by atoms with Crippen LogP contribution in [-0.2, 0) is 0 Å². The van der Waals surface area contributed by atoms with E-state index in [0.717, 1.165) is 0 Å². The fraction of sp³-hybridized carbons (Fsp3) is 0.300. The third-order valence-corrected chi connectivity index (χ3v) is 4.13. The van der Waals surface area contributed by atoms with Crippen molar-refractivity contribution in [1.29, 1.82) is 0 Å². The standard InChI is InChI=1S/C20H23N/c1-13(2)19-12-16-7-5-6-8-18(16)20(21-19)17-10-14(3)9-15(4)11-17/h5-13,20-21H,1-4H3. The number of nitrogens with one attached hydrogen (secondary N) is 1. The summed E-state index contributed by atoms with van der Waals surface area (Å²) in [5.74, 6) is 0.506. The van der Waals surface area contributed by atoms with E-state index in [9.17, 15) is 0 Å². The highest BCUT2D eigenvalue weighted by molar-refractivity contribution is 5.62. The highest BCUT2D eigenvalue weighted by atomic mass is 14.9. The smallest absolute Gasteiger partial charge is 0.0770 e. The van der Waals surface area contributed by atoms with Gasteiger partial charge in [0, 0.05) is 5.70 Å². The van der Waals surface area contributed by atoms with E-state index in [1.54, 1.807) is 0 Å². The molecule has 1 atom stereocenters. The van der Waals surface area contributed by atoms with Gasteiger partial charge in [0.15, 0.2) is 0 Å². The molecule has 0 aliphatic carbocycles. The fourth-order valence-corrected chi connectivity index (χ4v) is 3.13. The number of hydrogen-bond acceptors (Lipinski definition) is 1. The summed E-state index contributed by atoms with van der Waals surface area (Å²) in [5, 5.41) is 3.74. The van der Waals surface area contributed by atoms with Gasteiger partial charge in [-0.1, -0.05) is 67.4 Å². The number of allylic oxidation sites excluding steroid dienone is 1. The van der Waals surface area contributed by atoms with Crippen LogP contribution in [0, 0.1) is 19.8 Å². The van der Waals surface area contributed by atoms with Crippen LogP contribution >= 0.6 is 0 Å². The first-order valence-electron chi connectivity index (χ1n) is 7.70. The first kappa shape index (κ1) is 13.9. The summed E-state index contributed by atoms with van der Waals surface area (Å²) in [6.07, 6.45) is 2.29. The number of rotatable bonds is 2. The molecule has 1 heteroatoms. The van der Waals surface area contributed by atoms with Crippen molar-refractivity contribution < 1.29 is 0 Å². The minimum atomic E-state index is 0.252. The van der Waals surface area contributed by atoms with E-state index in [1.807, 2.05) is 0 Å². The minimum Gasteiger partial charge on any atom is -0.377 e. The van der Waals surface area contributed by atoms with Gasteiger partial charge in [-0.25, -0.2) is 0 Å². The molecule has 2 aromatic carbocycles. The maximum absolute atomic E-state index is 3.74. The molecule has 0 fully saturated rings. The van der Waals surface area contributed by atoms with Crippen molar-refractivity contribution in [3.05, 3.63) is 76.0 Å². The van der Waals surface area contributed by atoms with E-state index in [1.165, 1.54) is 33.5 Å². The highest BCUT2D eigenvalue weighted by Crippen LogP contribution is 2.33. The second-order valence-corrected chi connectivity index (χ2v) is 6.38. The molecule has 0 saturated heterocycles. The average molecular weight is 277 g/mol. The van der Waals surface area contributed by atoms with Gasteiger partial charge in [0.25, 0.3) is 0 Å². The molecule has 0 saturated carbocycles. The van der Waals surface area contributed by atoms with Crippen molar-refractivity contribution in [1.82, 2.24) is 5.32 Å². The molecule has 1 aliphatic heterocycles. The van der Waals surface area contributed by atoms with Crippen LogP contribution in [0.25, 0.3) is 6.08 Å². The van der Waals surface area contributed by atoms with E-state index in [0.29, 0.717) is 5.92 Å². The maximum atomic E-state index is 3.74. The molecule has 21 heavy (non-hydrogen) atoms. The lowest BCUT2D eigenvalue weighted by Crippen LogP contribution is -2.28. The van der Waals surface area contributed by atoms with Crippen LogP contribution in [0.4, 0.5) is 0 Å². The molecule has 0 aromatic heterocycles. The normalized spacial score (nSPS) is 17.2. The van der Waals surface area contributed by atoms with Crippen LogP contribution in [0.15, 0.2) is 48.2 Å². The molecule has 108 valence electrons. The monoisotopic (exact) mass is 277 g/mol. The second kappa shape index (κ2) is 5.40. The zero-order chi connectivity index (χ0) is 15.0. The Hall–Kier alpha value is -2.02. The first-order chi connectivity index (χ1) is 10.0. The minimum absolute atomic E-state index is 0.252. The lowest BCUT2D eigenvalue weighted by atomic mass is 9.88. The number of aryl methyl sites for hydroxylation is 2. The van der Waals surface area contributed by atoms with E-state index in [2.05, 4.69) is 81.6 Å². The van der Waals surface area contributed by atoms with E-state index < -0.39 is 0 Å². The third-order valence-electron chi connectivity index (χ3n) is 4.13. The molecule has 3 rings (SSSR count). The zero-order valence-electron chi connectivity index (χ0n) is 13.3. The summed E-state index contributed by atoms with van der Waals surface area (Å²) in [6, 6.07) is 15.8. The molecule has 0 amide bonds. The Morgan fingerprint density at radius 1 is 0.952 bits per heavy atom. The maximum Gasteiger partial charge on any atom is 0.0770 e. The van der Waals surface area contributed by atoms with Crippen LogP contribution in [0.2, 0.25) is 0 Å². The van der Waals surface area contributed by atoms with Crippen LogP contribution in [0.3, 0.4) is 0 Å². The Morgan fingerprint density at radius 3 is 2.29 bits per heavy atom. The lowest BCUT2D eigenvalue weighted by molar-refractivity contribution is 0.596. The molecule has 0 radical (unpaired) electrons. The van der Waals surface area contributed by atoms with E-state index in [4.69, 9.17) is 0 Å². The molecule has 1 heterocycles. The van der Waals surface area contributed by atoms with E-state index >= 15 is 0 Å². The number of benzene rings is 2. The Morgan fingerprint density at radius 2 is 1.62 bits per heavy atom. The second-order valence-electron chi connectivity index (χ2n) is 6.38. The molecule has 1 unspecified atom stereocenters. The van der Waals surface area contributed by atoms with Gasteiger partial charge in [-0.05, 0) is 42.5 Å². The summed E-state index contributed by atoms with van der Waals surface area (Å²) in [6.45, 7) is 8.82. The van der Waals surface area contributed by atoms with Gasteiger partial charge in [-0.3, -0.25) is 0 Å². The predicted octanol–water partition coefficient (Wildman–Crippen LogP) is 4.99. The molecule has 1 aliphatic rings. The summed E-state index contributed by atoms with van der Waals surface area (Å²) in [7, 11) is 0. The molecule has 0 bridgehead atoms. The lowest BCUT2D eigenvalue weighted by Gasteiger charge is -2.30. The molecular formula is C20H23N. The van der Waals surface area contributed by atoms with Crippen molar-refractivity contribution in [2.45, 2.75) is 33.7 Å². The first-order valence-corrected chi connectivity index (χ1v) is 7.70. The van der Waals surface area contributed by atoms with Crippen molar-refractivity contribution in [3.8, 4) is 0 Å². The molecule has 1 N–H and O–H groups in total. The van der Waals surface area contributed by atoms with Gasteiger partial charge in [0.05, 0.1) is 6.04 Å². The van der Waals surface area contributed by atoms with Crippen LogP contribution in [0.1, 0.15) is 47.7 Å². The van der Waals surface area contributed by atoms with Crippen LogP contribution in [0.5, 0.6) is 0 Å². The quantitative estimate of drug-likeness (QED) is 0.815. The number of fused-ring (bicyclic) bond motifs is 1. The zero-order valence-corrected chi connectivity index (χ0v) is 13.3. The van der Waals surface area contributed by atoms with Crippen molar-refractivity contribution in [2.75, 3.05) is 0 Å². The average Bonchev–Trinajstić information content (AvgIpc) is 2.45. The van der Waals surface area contributed by atoms with Crippen LogP contribution < -0.4 is 5.32 Å². The molecule has 1 nitrogen and oxygen atoms in total. The Balaban J connectivity index is 2.12. The predicted molar refractivity (Wildman–Crippen MR) is 90.2 cm³/mol. The van der Waals surface area contributed by atoms with Gasteiger partial charge >= 0.3 is 0 Å². The summed E-state index contributed by atoms with van der Waals surface area (Å²) >= 11 is 0. The van der Waals surface area contributed by atoms with Crippen molar-refractivity contribution >= 4 is 6.08 Å². The fourth-order valence-electron chi connectivity index (χ4n) is 3.13. The molecule has 0 spiro atoms. The summed E-state index contributed by atoms with van der Waals surface area (Å²) < 4.78 is 0. The number of hydrogen-bond donors (Lipinski definition) is 1.